The van der Waals surface area contributed by atoms with Crippen LogP contribution in [0.25, 0.3) is 0 Å². The van der Waals surface area contributed by atoms with Crippen molar-refractivity contribution in [1.82, 2.24) is 0 Å². The van der Waals surface area contributed by atoms with E-state index < -0.39 is 11.8 Å². The van der Waals surface area contributed by atoms with Crippen molar-refractivity contribution in [3.8, 4) is 0 Å². The highest BCUT2D eigenvalue weighted by Gasteiger charge is 2.22. The lowest BCUT2D eigenvalue weighted by Gasteiger charge is -2.32. The van der Waals surface area contributed by atoms with Crippen molar-refractivity contribution in [2.75, 3.05) is 11.4 Å². The first-order valence-corrected chi connectivity index (χ1v) is 6.81. The van der Waals surface area contributed by atoms with E-state index >= 15 is 0 Å². The fourth-order valence-electron chi connectivity index (χ4n) is 2.08. The average molecular weight is 267 g/mol. The molecule has 106 valence electrons. The summed E-state index contributed by atoms with van der Waals surface area (Å²) in [6.07, 6.45) is 2.75. The summed E-state index contributed by atoms with van der Waals surface area (Å²) in [5, 5.41) is 9.23. The van der Waals surface area contributed by atoms with Crippen molar-refractivity contribution < 1.29 is 14.3 Å². The zero-order chi connectivity index (χ0) is 14.4. The number of halogens is 1. The first-order valence-electron chi connectivity index (χ1n) is 6.81. The molecule has 1 rings (SSSR count). The third-order valence-electron chi connectivity index (χ3n) is 3.38. The lowest BCUT2D eigenvalue weighted by Crippen LogP contribution is -2.35. The fraction of sp³-hybridized carbons (Fsp3) is 0.533. The van der Waals surface area contributed by atoms with E-state index in [2.05, 4.69) is 6.92 Å². The van der Waals surface area contributed by atoms with Crippen LogP contribution in [0.3, 0.4) is 0 Å². The molecule has 0 heterocycles. The third kappa shape index (κ3) is 3.69. The molecule has 1 unspecified atom stereocenters. The highest BCUT2D eigenvalue weighted by atomic mass is 19.1. The lowest BCUT2D eigenvalue weighted by atomic mass is 10.1. The molecule has 1 N–H and O–H groups in total. The van der Waals surface area contributed by atoms with Crippen LogP contribution in [0.15, 0.2) is 18.2 Å². The quantitative estimate of drug-likeness (QED) is 0.813. The summed E-state index contributed by atoms with van der Waals surface area (Å²) < 4.78 is 14.1. The van der Waals surface area contributed by atoms with Crippen molar-refractivity contribution in [1.29, 1.82) is 0 Å². The smallest absolute Gasteiger partial charge is 0.337 e. The highest BCUT2D eigenvalue weighted by molar-refractivity contribution is 5.94. The van der Waals surface area contributed by atoms with Crippen LogP contribution >= 0.6 is 0 Å². The van der Waals surface area contributed by atoms with Gasteiger partial charge in [-0.25, -0.2) is 9.18 Å². The van der Waals surface area contributed by atoms with E-state index in [0.717, 1.165) is 19.3 Å². The third-order valence-corrected chi connectivity index (χ3v) is 3.38. The molecule has 0 saturated heterocycles. The molecular weight excluding hydrogens is 245 g/mol. The molecule has 0 bridgehead atoms. The van der Waals surface area contributed by atoms with Crippen LogP contribution in [0.4, 0.5) is 10.1 Å². The Hall–Kier alpha value is -1.58. The molecule has 0 spiro atoms. The van der Waals surface area contributed by atoms with Gasteiger partial charge in [0.15, 0.2) is 0 Å². The second-order valence-corrected chi connectivity index (χ2v) is 4.75. The van der Waals surface area contributed by atoms with Gasteiger partial charge in [-0.3, -0.25) is 0 Å². The molecule has 1 aromatic rings. The predicted molar refractivity (Wildman–Crippen MR) is 75.4 cm³/mol. The van der Waals surface area contributed by atoms with Crippen molar-refractivity contribution in [3.05, 3.63) is 29.6 Å². The maximum atomic E-state index is 14.1. The van der Waals surface area contributed by atoms with Gasteiger partial charge in [0.05, 0.1) is 11.3 Å². The molecule has 19 heavy (non-hydrogen) atoms. The van der Waals surface area contributed by atoms with E-state index in [-0.39, 0.29) is 17.3 Å². The summed E-state index contributed by atoms with van der Waals surface area (Å²) in [6, 6.07) is 4.34. The standard InChI is InChI=1S/C15H22FNO2/c1-4-6-10-17(11(3)5-2)14-12(15(18)19)8-7-9-13(14)16/h7-9,11H,4-6,10H2,1-3H3,(H,18,19). The van der Waals surface area contributed by atoms with E-state index in [1.54, 1.807) is 0 Å². The Morgan fingerprint density at radius 3 is 2.63 bits per heavy atom. The van der Waals surface area contributed by atoms with Gasteiger partial charge >= 0.3 is 5.97 Å². The Morgan fingerprint density at radius 1 is 1.42 bits per heavy atom. The van der Waals surface area contributed by atoms with E-state index in [1.807, 2.05) is 18.7 Å². The van der Waals surface area contributed by atoms with E-state index in [0.29, 0.717) is 6.54 Å². The number of carboxylic acid groups (broad SMARTS) is 1. The Balaban J connectivity index is 3.23. The molecule has 1 aromatic carbocycles. The van der Waals surface area contributed by atoms with Gasteiger partial charge in [-0.05, 0) is 31.9 Å². The summed E-state index contributed by atoms with van der Waals surface area (Å²) in [6.45, 7) is 6.75. The van der Waals surface area contributed by atoms with Gasteiger partial charge in [-0.15, -0.1) is 0 Å². The maximum absolute atomic E-state index is 14.1. The predicted octanol–water partition coefficient (Wildman–Crippen LogP) is 3.93. The molecule has 1 atom stereocenters. The van der Waals surface area contributed by atoms with Gasteiger partial charge < -0.3 is 10.0 Å². The zero-order valence-corrected chi connectivity index (χ0v) is 11.8. The minimum absolute atomic E-state index is 0.0383. The van der Waals surface area contributed by atoms with Crippen LogP contribution in [-0.2, 0) is 0 Å². The van der Waals surface area contributed by atoms with Gasteiger partial charge in [-0.2, -0.15) is 0 Å². The molecule has 0 radical (unpaired) electrons. The monoisotopic (exact) mass is 267 g/mol. The second kappa shape index (κ2) is 7.12. The van der Waals surface area contributed by atoms with Crippen molar-refractivity contribution >= 4 is 11.7 Å². The van der Waals surface area contributed by atoms with Crippen LogP contribution < -0.4 is 4.90 Å². The number of hydrogen-bond acceptors (Lipinski definition) is 2. The summed E-state index contributed by atoms with van der Waals surface area (Å²) in [5.74, 6) is -1.55. The molecule has 0 aliphatic heterocycles. The molecule has 0 amide bonds. The number of para-hydroxylation sites is 1. The van der Waals surface area contributed by atoms with Crippen LogP contribution in [0, 0.1) is 5.82 Å². The van der Waals surface area contributed by atoms with Crippen molar-refractivity contribution in [3.63, 3.8) is 0 Å². The lowest BCUT2D eigenvalue weighted by molar-refractivity contribution is 0.0697. The molecule has 0 aliphatic rings. The number of hydrogen-bond donors (Lipinski definition) is 1. The van der Waals surface area contributed by atoms with Gasteiger partial charge in [-0.1, -0.05) is 26.3 Å². The number of carbonyl (C=O) groups is 1. The fourth-order valence-corrected chi connectivity index (χ4v) is 2.08. The van der Waals surface area contributed by atoms with Crippen molar-refractivity contribution in [2.24, 2.45) is 0 Å². The van der Waals surface area contributed by atoms with Crippen molar-refractivity contribution in [2.45, 2.75) is 46.1 Å². The van der Waals surface area contributed by atoms with Crippen LogP contribution in [-0.4, -0.2) is 23.7 Å². The number of aromatic carboxylic acids is 1. The normalized spacial score (nSPS) is 12.2. The Bertz CT molecular complexity index is 434. The number of anilines is 1. The Labute approximate surface area is 114 Å². The topological polar surface area (TPSA) is 40.5 Å². The van der Waals surface area contributed by atoms with Gasteiger partial charge in [0, 0.05) is 12.6 Å². The first kappa shape index (κ1) is 15.5. The van der Waals surface area contributed by atoms with E-state index in [9.17, 15) is 14.3 Å². The molecule has 0 fully saturated rings. The van der Waals surface area contributed by atoms with E-state index in [1.165, 1.54) is 18.2 Å². The van der Waals surface area contributed by atoms with Gasteiger partial charge in [0.1, 0.15) is 5.82 Å². The van der Waals surface area contributed by atoms with E-state index in [4.69, 9.17) is 0 Å². The molecule has 0 aromatic heterocycles. The molecular formula is C15H22FNO2. The average Bonchev–Trinajstić information content (AvgIpc) is 2.39. The number of carboxylic acids is 1. The molecule has 3 nitrogen and oxygen atoms in total. The number of rotatable bonds is 7. The molecule has 0 saturated carbocycles. The summed E-state index contributed by atoms with van der Waals surface area (Å²) >= 11 is 0. The molecule has 4 heteroatoms. The second-order valence-electron chi connectivity index (χ2n) is 4.75. The number of unbranched alkanes of at least 4 members (excludes halogenated alkanes) is 1. The summed E-state index contributed by atoms with van der Waals surface area (Å²) in [5.41, 5.74) is 0.259. The zero-order valence-electron chi connectivity index (χ0n) is 11.8. The van der Waals surface area contributed by atoms with Crippen LogP contribution in [0.1, 0.15) is 50.4 Å². The Morgan fingerprint density at radius 2 is 2.11 bits per heavy atom. The SMILES string of the molecule is CCCCN(c1c(F)cccc1C(=O)O)C(C)CC. The largest absolute Gasteiger partial charge is 0.478 e. The van der Waals surface area contributed by atoms with Crippen LogP contribution in [0.5, 0.6) is 0 Å². The maximum Gasteiger partial charge on any atom is 0.337 e. The number of benzene rings is 1. The minimum atomic E-state index is -1.08. The number of nitrogens with zero attached hydrogens (tertiary/aromatic N) is 1. The molecule has 0 aliphatic carbocycles. The van der Waals surface area contributed by atoms with Gasteiger partial charge in [0.2, 0.25) is 0 Å². The van der Waals surface area contributed by atoms with Gasteiger partial charge in [0.25, 0.3) is 0 Å². The summed E-state index contributed by atoms with van der Waals surface area (Å²) in [7, 11) is 0. The minimum Gasteiger partial charge on any atom is -0.478 e. The summed E-state index contributed by atoms with van der Waals surface area (Å²) in [4.78, 5) is 13.1. The Kier molecular flexibility index (Phi) is 5.80. The first-order chi connectivity index (χ1) is 9.02. The van der Waals surface area contributed by atoms with Crippen LogP contribution in [0.2, 0.25) is 0 Å². The highest BCUT2D eigenvalue weighted by Crippen LogP contribution is 2.27.